The zero-order chi connectivity index (χ0) is 10.7. The van der Waals surface area contributed by atoms with E-state index in [0.717, 1.165) is 6.20 Å². The van der Waals surface area contributed by atoms with Gasteiger partial charge in [0.2, 0.25) is 5.43 Å². The van der Waals surface area contributed by atoms with Crippen molar-refractivity contribution in [1.29, 1.82) is 5.26 Å². The van der Waals surface area contributed by atoms with Gasteiger partial charge in [-0.2, -0.15) is 5.26 Å². The van der Waals surface area contributed by atoms with Crippen LogP contribution >= 0.6 is 0 Å². The Hall–Kier alpha value is -1.74. The predicted molar refractivity (Wildman–Crippen MR) is 44.6 cm³/mol. The average molecular weight is 199 g/mol. The first-order chi connectivity index (χ1) is 6.61. The Labute approximate surface area is 78.0 Å². The van der Waals surface area contributed by atoms with Crippen LogP contribution in [-0.2, 0) is 6.54 Å². The molecule has 4 nitrogen and oxygen atoms in total. The molecule has 74 valence electrons. The maximum atomic E-state index is 12.4. The number of nitrogens with zero attached hydrogens (tertiary/aromatic N) is 1. The normalized spacial score (nSPS) is 10.2. The molecule has 0 saturated carbocycles. The standard InChI is InChI=1S/C8H7F2N3O/c9-8(10)6-5(2-12)13-3-4(1-11)7(6)14/h3,8H,2,12H2,(H,13,14). The first-order valence-corrected chi connectivity index (χ1v) is 3.74. The Balaban J connectivity index is 3.49. The minimum absolute atomic E-state index is 0.0380. The molecule has 0 unspecified atom stereocenters. The van der Waals surface area contributed by atoms with E-state index in [9.17, 15) is 13.6 Å². The summed E-state index contributed by atoms with van der Waals surface area (Å²) in [5.74, 6) is 0. The Morgan fingerprint density at radius 2 is 2.29 bits per heavy atom. The fourth-order valence-electron chi connectivity index (χ4n) is 1.07. The molecule has 14 heavy (non-hydrogen) atoms. The molecule has 0 aliphatic heterocycles. The van der Waals surface area contributed by atoms with Gasteiger partial charge in [0.25, 0.3) is 6.43 Å². The average Bonchev–Trinajstić information content (AvgIpc) is 2.16. The van der Waals surface area contributed by atoms with Gasteiger partial charge in [-0.1, -0.05) is 0 Å². The lowest BCUT2D eigenvalue weighted by atomic mass is 10.1. The van der Waals surface area contributed by atoms with E-state index >= 15 is 0 Å². The molecule has 3 N–H and O–H groups in total. The molecule has 6 heteroatoms. The Morgan fingerprint density at radius 3 is 2.71 bits per heavy atom. The highest BCUT2D eigenvalue weighted by Gasteiger charge is 2.19. The quantitative estimate of drug-likeness (QED) is 0.733. The second kappa shape index (κ2) is 3.98. The van der Waals surface area contributed by atoms with Crippen molar-refractivity contribution in [1.82, 2.24) is 4.98 Å². The summed E-state index contributed by atoms with van der Waals surface area (Å²) in [6, 6.07) is 1.52. The molecule has 1 aromatic rings. The molecule has 0 amide bonds. The molecule has 0 fully saturated rings. The van der Waals surface area contributed by atoms with Gasteiger partial charge >= 0.3 is 0 Å². The van der Waals surface area contributed by atoms with Crippen LogP contribution < -0.4 is 11.2 Å². The van der Waals surface area contributed by atoms with Gasteiger partial charge < -0.3 is 10.7 Å². The van der Waals surface area contributed by atoms with E-state index in [-0.39, 0.29) is 17.8 Å². The van der Waals surface area contributed by atoms with Gasteiger partial charge in [0.1, 0.15) is 11.6 Å². The molecular formula is C8H7F2N3O. The number of halogens is 2. The molecule has 0 aliphatic rings. The van der Waals surface area contributed by atoms with Crippen LogP contribution in [0.5, 0.6) is 0 Å². The molecule has 0 spiro atoms. The van der Waals surface area contributed by atoms with Crippen LogP contribution in [-0.4, -0.2) is 4.98 Å². The van der Waals surface area contributed by atoms with Crippen molar-refractivity contribution >= 4 is 0 Å². The summed E-state index contributed by atoms with van der Waals surface area (Å²) in [5.41, 5.74) is 3.12. The minimum Gasteiger partial charge on any atom is -0.362 e. The van der Waals surface area contributed by atoms with Crippen LogP contribution in [0.25, 0.3) is 0 Å². The van der Waals surface area contributed by atoms with Crippen LogP contribution in [0.15, 0.2) is 11.0 Å². The third-order valence-corrected chi connectivity index (χ3v) is 1.75. The highest BCUT2D eigenvalue weighted by Crippen LogP contribution is 2.17. The predicted octanol–water partition coefficient (Wildman–Crippen LogP) is 0.643. The number of alkyl halides is 2. The number of hydrogen-bond acceptors (Lipinski definition) is 3. The number of aromatic nitrogens is 1. The number of rotatable bonds is 2. The summed E-state index contributed by atoms with van der Waals surface area (Å²) in [7, 11) is 0. The third kappa shape index (κ3) is 1.63. The number of nitriles is 1. The number of hydrogen-bond donors (Lipinski definition) is 2. The monoisotopic (exact) mass is 199 g/mol. The van der Waals surface area contributed by atoms with Gasteiger partial charge in [0.15, 0.2) is 0 Å². The lowest BCUT2D eigenvalue weighted by Crippen LogP contribution is -2.19. The maximum Gasteiger partial charge on any atom is 0.269 e. The highest BCUT2D eigenvalue weighted by molar-refractivity contribution is 5.33. The molecule has 0 aliphatic carbocycles. The Bertz CT molecular complexity index is 433. The molecule has 1 aromatic heterocycles. The minimum atomic E-state index is -2.93. The molecule has 0 atom stereocenters. The molecule has 1 heterocycles. The van der Waals surface area contributed by atoms with Crippen LogP contribution in [0.2, 0.25) is 0 Å². The summed E-state index contributed by atoms with van der Waals surface area (Å²) in [6.07, 6.45) is -1.85. The van der Waals surface area contributed by atoms with Gasteiger partial charge in [0, 0.05) is 18.4 Å². The number of aromatic amines is 1. The van der Waals surface area contributed by atoms with Crippen molar-refractivity contribution in [3.63, 3.8) is 0 Å². The zero-order valence-electron chi connectivity index (χ0n) is 7.05. The highest BCUT2D eigenvalue weighted by atomic mass is 19.3. The fourth-order valence-corrected chi connectivity index (χ4v) is 1.07. The van der Waals surface area contributed by atoms with Crippen LogP contribution in [0.4, 0.5) is 8.78 Å². The lowest BCUT2D eigenvalue weighted by Gasteiger charge is -2.05. The Kier molecular flexibility index (Phi) is 2.94. The molecular weight excluding hydrogens is 192 g/mol. The molecule has 0 saturated heterocycles. The lowest BCUT2D eigenvalue weighted by molar-refractivity contribution is 0.148. The number of nitrogens with two attached hydrogens (primary N) is 1. The molecule has 0 bridgehead atoms. The summed E-state index contributed by atoms with van der Waals surface area (Å²) >= 11 is 0. The summed E-state index contributed by atoms with van der Waals surface area (Å²) in [4.78, 5) is 13.6. The molecule has 0 radical (unpaired) electrons. The van der Waals surface area contributed by atoms with Crippen molar-refractivity contribution in [3.05, 3.63) is 33.2 Å². The van der Waals surface area contributed by atoms with Gasteiger partial charge in [-0.15, -0.1) is 0 Å². The molecule has 0 aromatic carbocycles. The summed E-state index contributed by atoms with van der Waals surface area (Å²) in [6.45, 7) is -0.194. The van der Waals surface area contributed by atoms with Crippen molar-refractivity contribution in [2.75, 3.05) is 0 Å². The summed E-state index contributed by atoms with van der Waals surface area (Å²) < 4.78 is 24.8. The SMILES string of the molecule is N#Cc1c[nH]c(CN)c(C(F)F)c1=O. The van der Waals surface area contributed by atoms with E-state index in [1.807, 2.05) is 0 Å². The van der Waals surface area contributed by atoms with Gasteiger partial charge in [0.05, 0.1) is 5.56 Å². The Morgan fingerprint density at radius 1 is 1.64 bits per heavy atom. The first-order valence-electron chi connectivity index (χ1n) is 3.74. The molecule has 1 rings (SSSR count). The van der Waals surface area contributed by atoms with E-state index in [4.69, 9.17) is 11.0 Å². The van der Waals surface area contributed by atoms with Crippen molar-refractivity contribution in [2.45, 2.75) is 13.0 Å². The maximum absolute atomic E-state index is 12.4. The van der Waals surface area contributed by atoms with E-state index < -0.39 is 17.4 Å². The largest absolute Gasteiger partial charge is 0.362 e. The number of H-pyrrole nitrogens is 1. The topological polar surface area (TPSA) is 82.7 Å². The fraction of sp³-hybridized carbons (Fsp3) is 0.250. The van der Waals surface area contributed by atoms with Crippen LogP contribution in [0.3, 0.4) is 0 Å². The second-order valence-electron chi connectivity index (χ2n) is 2.54. The van der Waals surface area contributed by atoms with Gasteiger partial charge in [-0.3, -0.25) is 4.79 Å². The first kappa shape index (κ1) is 10.3. The van der Waals surface area contributed by atoms with Crippen LogP contribution in [0.1, 0.15) is 23.2 Å². The number of pyridine rings is 1. The second-order valence-corrected chi connectivity index (χ2v) is 2.54. The van der Waals surface area contributed by atoms with E-state index in [1.165, 1.54) is 6.07 Å². The van der Waals surface area contributed by atoms with Gasteiger partial charge in [-0.25, -0.2) is 8.78 Å². The third-order valence-electron chi connectivity index (χ3n) is 1.75. The van der Waals surface area contributed by atoms with Crippen LogP contribution in [0, 0.1) is 11.3 Å². The van der Waals surface area contributed by atoms with Crippen molar-refractivity contribution in [2.24, 2.45) is 5.73 Å². The van der Waals surface area contributed by atoms with Crippen molar-refractivity contribution < 1.29 is 8.78 Å². The van der Waals surface area contributed by atoms with Gasteiger partial charge in [-0.05, 0) is 0 Å². The van der Waals surface area contributed by atoms with Crippen molar-refractivity contribution in [3.8, 4) is 6.07 Å². The van der Waals surface area contributed by atoms with E-state index in [2.05, 4.69) is 4.98 Å². The number of nitrogens with one attached hydrogen (secondary N) is 1. The summed E-state index contributed by atoms with van der Waals surface area (Å²) in [5, 5.41) is 8.44. The zero-order valence-corrected chi connectivity index (χ0v) is 7.05. The smallest absolute Gasteiger partial charge is 0.269 e. The van der Waals surface area contributed by atoms with E-state index in [1.54, 1.807) is 0 Å². The van der Waals surface area contributed by atoms with E-state index in [0.29, 0.717) is 0 Å².